The third-order valence-corrected chi connectivity index (χ3v) is 6.00. The van der Waals surface area contributed by atoms with Crippen molar-refractivity contribution in [2.75, 3.05) is 25.5 Å². The summed E-state index contributed by atoms with van der Waals surface area (Å²) < 4.78 is 1.41. The predicted molar refractivity (Wildman–Crippen MR) is 101 cm³/mol. The van der Waals surface area contributed by atoms with E-state index in [4.69, 9.17) is 0 Å². The van der Waals surface area contributed by atoms with Crippen LogP contribution in [0.5, 0.6) is 0 Å². The number of urea groups is 1. The third kappa shape index (κ3) is 2.04. The number of aromatic nitrogens is 2. The maximum absolute atomic E-state index is 13.2. The third-order valence-electron chi connectivity index (χ3n) is 6.00. The molecule has 0 radical (unpaired) electrons. The number of amides is 4. The molecule has 4 rings (SSSR count). The summed E-state index contributed by atoms with van der Waals surface area (Å²) in [7, 11) is 2.72. The summed E-state index contributed by atoms with van der Waals surface area (Å²) in [6.07, 6.45) is 1.52. The Balaban J connectivity index is 2.01. The number of hydrogen-bond donors (Lipinski definition) is 0. The van der Waals surface area contributed by atoms with Crippen LogP contribution in [0, 0.1) is 5.41 Å². The highest BCUT2D eigenvalue weighted by Crippen LogP contribution is 2.43. The van der Waals surface area contributed by atoms with Crippen LogP contribution in [0.3, 0.4) is 0 Å². The van der Waals surface area contributed by atoms with Gasteiger partial charge in [-0.15, -0.1) is 0 Å². The maximum atomic E-state index is 13.2. The summed E-state index contributed by atoms with van der Waals surface area (Å²) in [5, 5.41) is 0. The highest BCUT2D eigenvalue weighted by Gasteiger charge is 2.62. The summed E-state index contributed by atoms with van der Waals surface area (Å²) in [6.45, 7) is 4.10. The zero-order chi connectivity index (χ0) is 20.4. The molecular formula is C19H21N5O4. The predicted octanol–water partition coefficient (Wildman–Crippen LogP) is 0.502. The normalized spacial score (nSPS) is 21.6. The number of anilines is 1. The lowest BCUT2D eigenvalue weighted by Crippen LogP contribution is -2.71. The van der Waals surface area contributed by atoms with E-state index in [9.17, 15) is 19.2 Å². The average Bonchev–Trinajstić information content (AvgIpc) is 2.70. The number of rotatable bonds is 1. The van der Waals surface area contributed by atoms with Crippen molar-refractivity contribution >= 4 is 29.3 Å². The molecule has 28 heavy (non-hydrogen) atoms. The molecule has 2 aliphatic heterocycles. The lowest BCUT2D eigenvalue weighted by molar-refractivity contribution is -0.158. The Bertz CT molecular complexity index is 1070. The van der Waals surface area contributed by atoms with Crippen molar-refractivity contribution in [3.63, 3.8) is 0 Å². The minimum absolute atomic E-state index is 0.0940. The minimum Gasteiger partial charge on any atom is -0.352 e. The van der Waals surface area contributed by atoms with Crippen LogP contribution >= 0.6 is 0 Å². The molecule has 1 saturated heterocycles. The highest BCUT2D eigenvalue weighted by atomic mass is 16.2. The van der Waals surface area contributed by atoms with Crippen molar-refractivity contribution in [1.82, 2.24) is 19.2 Å². The highest BCUT2D eigenvalue weighted by molar-refractivity contribution is 6.20. The standard InChI is InChI=1S/C19H21N5O4/c1-5-23-11(2)19(16(26)21(3)18(28)22(4)17(19)27)10-12-14(23)20-13-8-6-7-9-24(13)15(12)25/h6-9,11H,5,10H2,1-4H3/t11-/m0/s1. The number of pyridine rings is 1. The molecular weight excluding hydrogens is 362 g/mol. The van der Waals surface area contributed by atoms with Gasteiger partial charge in [-0.1, -0.05) is 6.07 Å². The first kappa shape index (κ1) is 18.1. The van der Waals surface area contributed by atoms with Gasteiger partial charge in [0.05, 0.1) is 11.6 Å². The Hall–Kier alpha value is -3.23. The van der Waals surface area contributed by atoms with Gasteiger partial charge in [0.15, 0.2) is 5.41 Å². The zero-order valence-corrected chi connectivity index (χ0v) is 16.2. The first-order valence-corrected chi connectivity index (χ1v) is 9.12. The molecule has 0 bridgehead atoms. The maximum Gasteiger partial charge on any atom is 0.332 e. The van der Waals surface area contributed by atoms with Crippen molar-refractivity contribution in [3.8, 4) is 0 Å². The molecule has 0 N–H and O–H groups in total. The average molecular weight is 383 g/mol. The first-order chi connectivity index (χ1) is 13.3. The van der Waals surface area contributed by atoms with Crippen molar-refractivity contribution in [3.05, 3.63) is 40.3 Å². The fourth-order valence-electron chi connectivity index (χ4n) is 4.40. The van der Waals surface area contributed by atoms with E-state index in [1.54, 1.807) is 36.2 Å². The number of hydrogen-bond acceptors (Lipinski definition) is 6. The number of fused-ring (bicyclic) bond motifs is 2. The van der Waals surface area contributed by atoms with Gasteiger partial charge in [0.25, 0.3) is 5.56 Å². The van der Waals surface area contributed by atoms with Gasteiger partial charge in [0.1, 0.15) is 11.5 Å². The van der Waals surface area contributed by atoms with E-state index in [0.29, 0.717) is 23.6 Å². The molecule has 0 unspecified atom stereocenters. The van der Waals surface area contributed by atoms with E-state index in [2.05, 4.69) is 4.98 Å². The lowest BCUT2D eigenvalue weighted by atomic mass is 9.69. The zero-order valence-electron chi connectivity index (χ0n) is 16.2. The fraction of sp³-hybridized carbons (Fsp3) is 0.421. The van der Waals surface area contributed by atoms with E-state index in [0.717, 1.165) is 9.80 Å². The smallest absolute Gasteiger partial charge is 0.332 e. The summed E-state index contributed by atoms with van der Waals surface area (Å²) >= 11 is 0. The van der Waals surface area contributed by atoms with Gasteiger partial charge in [0, 0.05) is 33.3 Å². The molecule has 9 nitrogen and oxygen atoms in total. The molecule has 2 aromatic heterocycles. The molecule has 9 heteroatoms. The Kier molecular flexibility index (Phi) is 3.81. The van der Waals surface area contributed by atoms with Crippen molar-refractivity contribution in [1.29, 1.82) is 0 Å². The van der Waals surface area contributed by atoms with Gasteiger partial charge in [0.2, 0.25) is 11.8 Å². The molecule has 2 aromatic rings. The van der Waals surface area contributed by atoms with Gasteiger partial charge >= 0.3 is 6.03 Å². The fourth-order valence-corrected chi connectivity index (χ4v) is 4.40. The second-order valence-electron chi connectivity index (χ2n) is 7.27. The van der Waals surface area contributed by atoms with E-state index < -0.39 is 29.3 Å². The monoisotopic (exact) mass is 383 g/mol. The second-order valence-corrected chi connectivity index (χ2v) is 7.27. The van der Waals surface area contributed by atoms with Crippen LogP contribution in [-0.4, -0.2) is 63.7 Å². The number of nitrogens with zero attached hydrogens (tertiary/aromatic N) is 5. The summed E-state index contributed by atoms with van der Waals surface area (Å²) in [5.41, 5.74) is -1.06. The largest absolute Gasteiger partial charge is 0.352 e. The quantitative estimate of drug-likeness (QED) is 0.666. The van der Waals surface area contributed by atoms with E-state index in [1.165, 1.54) is 18.5 Å². The van der Waals surface area contributed by atoms with Crippen molar-refractivity contribution in [2.45, 2.75) is 26.3 Å². The number of carbonyl (C=O) groups excluding carboxylic acids is 3. The van der Waals surface area contributed by atoms with Crippen LogP contribution in [0.2, 0.25) is 0 Å². The molecule has 0 aliphatic carbocycles. The van der Waals surface area contributed by atoms with Crippen LogP contribution in [0.4, 0.5) is 10.6 Å². The van der Waals surface area contributed by atoms with Crippen LogP contribution in [0.15, 0.2) is 29.2 Å². The van der Waals surface area contributed by atoms with Crippen LogP contribution < -0.4 is 10.5 Å². The Morgan fingerprint density at radius 3 is 2.36 bits per heavy atom. The van der Waals surface area contributed by atoms with Crippen LogP contribution in [0.1, 0.15) is 19.4 Å². The summed E-state index contributed by atoms with van der Waals surface area (Å²) in [6, 6.07) is 4.01. The lowest BCUT2D eigenvalue weighted by Gasteiger charge is -2.50. The van der Waals surface area contributed by atoms with Crippen molar-refractivity contribution < 1.29 is 14.4 Å². The molecule has 0 saturated carbocycles. The molecule has 4 amide bonds. The Morgan fingerprint density at radius 1 is 1.11 bits per heavy atom. The van der Waals surface area contributed by atoms with E-state index in [1.807, 2.05) is 6.92 Å². The van der Waals surface area contributed by atoms with Gasteiger partial charge in [-0.25, -0.2) is 9.78 Å². The molecule has 1 atom stereocenters. The SMILES string of the molecule is CCN1c2nc3ccccn3c(=O)c2CC2(C(=O)N(C)C(=O)N(C)C2=O)[C@@H]1C. The minimum atomic E-state index is -1.55. The molecule has 2 aliphatic rings. The number of imide groups is 2. The molecule has 1 fully saturated rings. The molecule has 0 aromatic carbocycles. The molecule has 146 valence electrons. The van der Waals surface area contributed by atoms with Gasteiger partial charge in [-0.05, 0) is 26.0 Å². The van der Waals surface area contributed by atoms with E-state index in [-0.39, 0.29) is 12.0 Å². The molecule has 1 spiro atoms. The van der Waals surface area contributed by atoms with Crippen molar-refractivity contribution in [2.24, 2.45) is 5.41 Å². The van der Waals surface area contributed by atoms with Gasteiger partial charge < -0.3 is 4.90 Å². The summed E-state index contributed by atoms with van der Waals surface area (Å²) in [4.78, 5) is 60.2. The van der Waals surface area contributed by atoms with Crippen LogP contribution in [0.25, 0.3) is 5.65 Å². The molecule has 4 heterocycles. The topological polar surface area (TPSA) is 95.3 Å². The van der Waals surface area contributed by atoms with Gasteiger partial charge in [-0.3, -0.25) is 28.6 Å². The Labute approximate surface area is 161 Å². The number of carbonyl (C=O) groups is 3. The van der Waals surface area contributed by atoms with Crippen LogP contribution in [-0.2, 0) is 16.0 Å². The first-order valence-electron chi connectivity index (χ1n) is 9.12. The second kappa shape index (κ2) is 5.88. The van der Waals surface area contributed by atoms with E-state index >= 15 is 0 Å². The summed E-state index contributed by atoms with van der Waals surface area (Å²) in [5.74, 6) is -0.691. The van der Waals surface area contributed by atoms with Gasteiger partial charge in [-0.2, -0.15) is 0 Å². The number of barbiturate groups is 1. The Morgan fingerprint density at radius 2 is 1.75 bits per heavy atom.